The molecule has 5 rings (SSSR count). The Morgan fingerprint density at radius 3 is 3.00 bits per heavy atom. The van der Waals surface area contributed by atoms with Crippen LogP contribution in [0.15, 0.2) is 36.1 Å². The number of carboxylic acid groups (broad SMARTS) is 1. The van der Waals surface area contributed by atoms with E-state index in [2.05, 4.69) is 10.2 Å². The van der Waals surface area contributed by atoms with E-state index in [4.69, 9.17) is 4.74 Å². The summed E-state index contributed by atoms with van der Waals surface area (Å²) in [6.45, 7) is 3.64. The van der Waals surface area contributed by atoms with Gasteiger partial charge in [0.15, 0.2) is 0 Å². The highest BCUT2D eigenvalue weighted by Crippen LogP contribution is 2.53. The van der Waals surface area contributed by atoms with Crippen LogP contribution in [0.3, 0.4) is 0 Å². The van der Waals surface area contributed by atoms with Crippen LogP contribution in [0.4, 0.5) is 5.69 Å². The average molecular weight is 354 g/mol. The van der Waals surface area contributed by atoms with Crippen molar-refractivity contribution in [1.82, 2.24) is 4.90 Å². The van der Waals surface area contributed by atoms with Gasteiger partial charge < -0.3 is 15.2 Å². The zero-order chi connectivity index (χ0) is 18.1. The number of nitrogens with zero attached hydrogens (tertiary/aromatic N) is 1. The maximum absolute atomic E-state index is 13.1. The van der Waals surface area contributed by atoms with Gasteiger partial charge in [0.25, 0.3) is 0 Å². The predicted octanol–water partition coefficient (Wildman–Crippen LogP) is 1.97. The number of ether oxygens (including phenoxy) is 1. The van der Waals surface area contributed by atoms with E-state index in [0.29, 0.717) is 12.0 Å². The van der Waals surface area contributed by atoms with E-state index in [9.17, 15) is 14.7 Å². The number of anilines is 1. The van der Waals surface area contributed by atoms with Crippen molar-refractivity contribution in [2.45, 2.75) is 37.3 Å². The van der Waals surface area contributed by atoms with Crippen LogP contribution in [-0.2, 0) is 19.7 Å². The van der Waals surface area contributed by atoms with Gasteiger partial charge in [-0.25, -0.2) is 4.79 Å². The number of para-hydroxylation sites is 1. The van der Waals surface area contributed by atoms with Crippen molar-refractivity contribution in [2.24, 2.45) is 11.8 Å². The summed E-state index contributed by atoms with van der Waals surface area (Å²) in [5, 5.41) is 12.7. The van der Waals surface area contributed by atoms with Gasteiger partial charge in [-0.2, -0.15) is 0 Å². The fourth-order valence-corrected chi connectivity index (χ4v) is 5.66. The molecule has 6 heteroatoms. The van der Waals surface area contributed by atoms with Crippen LogP contribution in [0.2, 0.25) is 0 Å². The third kappa shape index (κ3) is 1.91. The van der Waals surface area contributed by atoms with Crippen molar-refractivity contribution in [1.29, 1.82) is 0 Å². The van der Waals surface area contributed by atoms with Gasteiger partial charge in [-0.3, -0.25) is 9.69 Å². The molecule has 4 aliphatic heterocycles. The molecule has 0 bridgehead atoms. The Bertz CT molecular complexity index is 835. The molecule has 1 aromatic rings. The van der Waals surface area contributed by atoms with Gasteiger partial charge in [-0.15, -0.1) is 0 Å². The number of aliphatic carboxylic acids is 1. The first-order valence-electron chi connectivity index (χ1n) is 9.26. The van der Waals surface area contributed by atoms with Gasteiger partial charge in [0, 0.05) is 30.1 Å². The van der Waals surface area contributed by atoms with E-state index in [1.807, 2.05) is 31.2 Å². The second kappa shape index (κ2) is 5.33. The number of rotatable bonds is 1. The largest absolute Gasteiger partial charge is 0.497 e. The lowest BCUT2D eigenvalue weighted by Crippen LogP contribution is -2.56. The molecule has 1 amide bonds. The van der Waals surface area contributed by atoms with Crippen LogP contribution in [-0.4, -0.2) is 47.1 Å². The number of hydrogen-bond donors (Lipinski definition) is 2. The zero-order valence-electron chi connectivity index (χ0n) is 14.6. The molecule has 1 unspecified atom stereocenters. The number of carbonyl (C=O) groups is 2. The summed E-state index contributed by atoms with van der Waals surface area (Å²) in [5.41, 5.74) is 1.75. The molecule has 0 saturated carbocycles. The minimum Gasteiger partial charge on any atom is -0.497 e. The number of nitrogens with one attached hydrogen (secondary N) is 1. The van der Waals surface area contributed by atoms with Crippen molar-refractivity contribution in [3.8, 4) is 0 Å². The van der Waals surface area contributed by atoms with Crippen LogP contribution in [0.1, 0.15) is 25.3 Å². The normalized spacial score (nSPS) is 38.0. The first-order valence-corrected chi connectivity index (χ1v) is 9.26. The number of hydrogen-bond acceptors (Lipinski definition) is 4. The second-order valence-electron chi connectivity index (χ2n) is 7.96. The van der Waals surface area contributed by atoms with Gasteiger partial charge in [0.2, 0.25) is 5.91 Å². The predicted molar refractivity (Wildman–Crippen MR) is 94.6 cm³/mol. The molecule has 0 aromatic heterocycles. The Morgan fingerprint density at radius 1 is 1.38 bits per heavy atom. The highest BCUT2D eigenvalue weighted by molar-refractivity contribution is 6.07. The summed E-state index contributed by atoms with van der Waals surface area (Å²) in [4.78, 5) is 27.2. The van der Waals surface area contributed by atoms with Crippen LogP contribution in [0, 0.1) is 11.8 Å². The first-order chi connectivity index (χ1) is 12.5. The van der Waals surface area contributed by atoms with Crippen LogP contribution < -0.4 is 5.32 Å². The molecule has 0 radical (unpaired) electrons. The SMILES string of the molecule is C[C@@H]1OC=C(C(=O)O)[C@H]2CC3N(CC[C@]34C(=O)Nc3ccccc34)C[C@H]12. The molecule has 2 N–H and O–H groups in total. The quantitative estimate of drug-likeness (QED) is 0.806. The minimum absolute atomic E-state index is 0.00899. The molecular weight excluding hydrogens is 332 g/mol. The van der Waals surface area contributed by atoms with E-state index < -0.39 is 11.4 Å². The van der Waals surface area contributed by atoms with E-state index in [-0.39, 0.29) is 29.9 Å². The topological polar surface area (TPSA) is 78.9 Å². The molecule has 2 fully saturated rings. The zero-order valence-corrected chi connectivity index (χ0v) is 14.6. The molecule has 1 aromatic carbocycles. The van der Waals surface area contributed by atoms with Crippen molar-refractivity contribution in [2.75, 3.05) is 18.4 Å². The Balaban J connectivity index is 1.57. The number of benzene rings is 1. The number of fused-ring (bicyclic) bond motifs is 5. The fourth-order valence-electron chi connectivity index (χ4n) is 5.66. The van der Waals surface area contributed by atoms with E-state index in [1.165, 1.54) is 6.26 Å². The number of carbonyl (C=O) groups excluding carboxylic acids is 1. The Morgan fingerprint density at radius 2 is 2.19 bits per heavy atom. The third-order valence-electron chi connectivity index (χ3n) is 6.96. The Hall–Kier alpha value is -2.34. The lowest BCUT2D eigenvalue weighted by molar-refractivity contribution is -0.135. The lowest BCUT2D eigenvalue weighted by Gasteiger charge is -2.47. The Labute approximate surface area is 151 Å². The van der Waals surface area contributed by atoms with Crippen LogP contribution >= 0.6 is 0 Å². The Kier molecular flexibility index (Phi) is 3.26. The molecule has 1 spiro atoms. The fraction of sp³-hybridized carbons (Fsp3) is 0.500. The summed E-state index contributed by atoms with van der Waals surface area (Å²) in [6.07, 6.45) is 2.87. The van der Waals surface area contributed by atoms with Crippen molar-refractivity contribution in [3.05, 3.63) is 41.7 Å². The van der Waals surface area contributed by atoms with E-state index >= 15 is 0 Å². The maximum Gasteiger partial charge on any atom is 0.334 e. The van der Waals surface area contributed by atoms with Crippen molar-refractivity contribution < 1.29 is 19.4 Å². The van der Waals surface area contributed by atoms with Gasteiger partial charge in [-0.05, 0) is 37.9 Å². The molecule has 0 aliphatic carbocycles. The molecule has 5 atom stereocenters. The average Bonchev–Trinajstić information content (AvgIpc) is 3.14. The highest BCUT2D eigenvalue weighted by Gasteiger charge is 2.61. The summed E-state index contributed by atoms with van der Waals surface area (Å²) in [7, 11) is 0. The molecule has 136 valence electrons. The minimum atomic E-state index is -0.913. The van der Waals surface area contributed by atoms with Gasteiger partial charge in [0.05, 0.1) is 23.4 Å². The molecular formula is C20H22N2O4. The van der Waals surface area contributed by atoms with Crippen molar-refractivity contribution in [3.63, 3.8) is 0 Å². The van der Waals surface area contributed by atoms with E-state index in [0.717, 1.165) is 30.8 Å². The molecule has 2 saturated heterocycles. The lowest BCUT2D eigenvalue weighted by atomic mass is 9.66. The molecule has 26 heavy (non-hydrogen) atoms. The number of piperidine rings is 1. The first kappa shape index (κ1) is 15.9. The van der Waals surface area contributed by atoms with Crippen molar-refractivity contribution >= 4 is 17.6 Å². The maximum atomic E-state index is 13.1. The van der Waals surface area contributed by atoms with Crippen LogP contribution in [0.25, 0.3) is 0 Å². The summed E-state index contributed by atoms with van der Waals surface area (Å²) in [6, 6.07) is 7.95. The standard InChI is InChI=1S/C20H22N2O4/c1-11-13-9-22-7-6-20(15-4-2-3-5-16(15)21-19(20)25)17(22)8-12(13)14(10-26-11)18(23)24/h2-5,10-13,17H,6-9H2,1H3,(H,21,25)(H,23,24)/t11-,12-,13+,17?,20+/m0/s1. The van der Waals surface area contributed by atoms with Gasteiger partial charge in [0.1, 0.15) is 0 Å². The van der Waals surface area contributed by atoms with E-state index in [1.54, 1.807) is 0 Å². The monoisotopic (exact) mass is 354 g/mol. The summed E-state index contributed by atoms with van der Waals surface area (Å²) in [5.74, 6) is -0.778. The molecule has 4 aliphatic rings. The highest BCUT2D eigenvalue weighted by atomic mass is 16.5. The van der Waals surface area contributed by atoms with Gasteiger partial charge >= 0.3 is 5.97 Å². The summed E-state index contributed by atoms with van der Waals surface area (Å²) >= 11 is 0. The summed E-state index contributed by atoms with van der Waals surface area (Å²) < 4.78 is 5.62. The third-order valence-corrected chi connectivity index (χ3v) is 6.96. The smallest absolute Gasteiger partial charge is 0.334 e. The second-order valence-corrected chi connectivity index (χ2v) is 7.96. The van der Waals surface area contributed by atoms with Gasteiger partial charge in [-0.1, -0.05) is 18.2 Å². The van der Waals surface area contributed by atoms with Crippen LogP contribution in [0.5, 0.6) is 0 Å². The molecule has 4 heterocycles. The number of carboxylic acids is 1. The molecule has 6 nitrogen and oxygen atoms in total. The number of amides is 1.